The number of hydrogen-bond acceptors (Lipinski definition) is 3. The SMILES string of the molecule is CCCNc1cncc(NCC2CC2)c1. The molecule has 1 heterocycles. The second kappa shape index (κ2) is 5.01. The van der Waals surface area contributed by atoms with Crippen molar-refractivity contribution in [2.45, 2.75) is 26.2 Å². The maximum absolute atomic E-state index is 4.21. The fourth-order valence-corrected chi connectivity index (χ4v) is 1.49. The highest BCUT2D eigenvalue weighted by molar-refractivity contribution is 5.53. The Bertz CT molecular complexity index is 307. The van der Waals surface area contributed by atoms with Gasteiger partial charge in [-0.25, -0.2) is 0 Å². The Morgan fingerprint density at radius 3 is 2.67 bits per heavy atom. The van der Waals surface area contributed by atoms with Crippen LogP contribution in [0.2, 0.25) is 0 Å². The largest absolute Gasteiger partial charge is 0.384 e. The van der Waals surface area contributed by atoms with Crippen LogP contribution in [0.3, 0.4) is 0 Å². The minimum atomic E-state index is 0.900. The van der Waals surface area contributed by atoms with Crippen molar-refractivity contribution in [3.63, 3.8) is 0 Å². The lowest BCUT2D eigenvalue weighted by atomic mass is 10.3. The van der Waals surface area contributed by atoms with Crippen molar-refractivity contribution in [2.75, 3.05) is 23.7 Å². The molecule has 1 aromatic rings. The van der Waals surface area contributed by atoms with E-state index in [2.05, 4.69) is 28.6 Å². The van der Waals surface area contributed by atoms with E-state index in [1.165, 1.54) is 12.8 Å². The van der Waals surface area contributed by atoms with Crippen LogP contribution in [0.5, 0.6) is 0 Å². The Balaban J connectivity index is 1.85. The van der Waals surface area contributed by atoms with Crippen LogP contribution in [0, 0.1) is 5.92 Å². The van der Waals surface area contributed by atoms with E-state index in [4.69, 9.17) is 0 Å². The van der Waals surface area contributed by atoms with Crippen LogP contribution in [0.1, 0.15) is 26.2 Å². The zero-order valence-electron chi connectivity index (χ0n) is 9.29. The average Bonchev–Trinajstić information content (AvgIpc) is 3.08. The minimum Gasteiger partial charge on any atom is -0.384 e. The first-order valence-electron chi connectivity index (χ1n) is 5.81. The molecule has 0 aliphatic heterocycles. The lowest BCUT2D eigenvalue weighted by Crippen LogP contribution is -2.05. The molecule has 0 radical (unpaired) electrons. The van der Waals surface area contributed by atoms with Crippen molar-refractivity contribution in [3.8, 4) is 0 Å². The molecule has 0 aromatic carbocycles. The summed E-state index contributed by atoms with van der Waals surface area (Å²) in [7, 11) is 0. The summed E-state index contributed by atoms with van der Waals surface area (Å²) in [6, 6.07) is 2.13. The van der Waals surface area contributed by atoms with Crippen LogP contribution in [0.15, 0.2) is 18.5 Å². The second-order valence-electron chi connectivity index (χ2n) is 4.21. The van der Waals surface area contributed by atoms with Crippen molar-refractivity contribution in [3.05, 3.63) is 18.5 Å². The molecule has 2 rings (SSSR count). The first-order chi connectivity index (χ1) is 7.38. The van der Waals surface area contributed by atoms with Crippen LogP contribution in [-0.2, 0) is 0 Å². The third-order valence-corrected chi connectivity index (χ3v) is 2.61. The molecule has 82 valence electrons. The van der Waals surface area contributed by atoms with Crippen LogP contribution < -0.4 is 10.6 Å². The highest BCUT2D eigenvalue weighted by Gasteiger charge is 2.20. The molecule has 0 saturated heterocycles. The van der Waals surface area contributed by atoms with Gasteiger partial charge in [-0.15, -0.1) is 0 Å². The quantitative estimate of drug-likeness (QED) is 0.749. The molecule has 15 heavy (non-hydrogen) atoms. The molecule has 1 aliphatic rings. The standard InChI is InChI=1S/C12H19N3/c1-2-5-14-11-6-12(9-13-8-11)15-7-10-3-4-10/h6,8-10,14-15H,2-5,7H2,1H3. The molecule has 0 unspecified atom stereocenters. The van der Waals surface area contributed by atoms with Crippen LogP contribution in [0.4, 0.5) is 11.4 Å². The smallest absolute Gasteiger partial charge is 0.0547 e. The zero-order chi connectivity index (χ0) is 10.5. The van der Waals surface area contributed by atoms with E-state index in [9.17, 15) is 0 Å². The summed E-state index contributed by atoms with van der Waals surface area (Å²) in [4.78, 5) is 4.21. The van der Waals surface area contributed by atoms with E-state index >= 15 is 0 Å². The topological polar surface area (TPSA) is 37.0 Å². The highest BCUT2D eigenvalue weighted by atomic mass is 14.9. The monoisotopic (exact) mass is 205 g/mol. The average molecular weight is 205 g/mol. The lowest BCUT2D eigenvalue weighted by molar-refractivity contribution is 0.888. The van der Waals surface area contributed by atoms with Gasteiger partial charge in [-0.1, -0.05) is 6.92 Å². The third kappa shape index (κ3) is 3.42. The van der Waals surface area contributed by atoms with Crippen molar-refractivity contribution >= 4 is 11.4 Å². The molecule has 0 spiro atoms. The lowest BCUT2D eigenvalue weighted by Gasteiger charge is -2.08. The molecule has 3 heteroatoms. The second-order valence-corrected chi connectivity index (χ2v) is 4.21. The molecule has 1 aliphatic carbocycles. The van der Waals surface area contributed by atoms with Crippen LogP contribution >= 0.6 is 0 Å². The summed E-state index contributed by atoms with van der Waals surface area (Å²) in [5.41, 5.74) is 2.24. The van der Waals surface area contributed by atoms with E-state index in [0.717, 1.165) is 36.8 Å². The number of nitrogens with one attached hydrogen (secondary N) is 2. The van der Waals surface area contributed by atoms with E-state index in [1.807, 2.05) is 12.4 Å². The summed E-state index contributed by atoms with van der Waals surface area (Å²) in [5, 5.41) is 6.76. The molecule has 3 nitrogen and oxygen atoms in total. The number of nitrogens with zero attached hydrogens (tertiary/aromatic N) is 1. The zero-order valence-corrected chi connectivity index (χ0v) is 9.29. The van der Waals surface area contributed by atoms with Crippen LogP contribution in [-0.4, -0.2) is 18.1 Å². The Morgan fingerprint density at radius 2 is 2.00 bits per heavy atom. The van der Waals surface area contributed by atoms with Crippen molar-refractivity contribution in [2.24, 2.45) is 5.92 Å². The highest BCUT2D eigenvalue weighted by Crippen LogP contribution is 2.29. The van der Waals surface area contributed by atoms with Crippen LogP contribution in [0.25, 0.3) is 0 Å². The predicted molar refractivity (Wildman–Crippen MR) is 64.2 cm³/mol. The van der Waals surface area contributed by atoms with Crippen molar-refractivity contribution in [1.29, 1.82) is 0 Å². The van der Waals surface area contributed by atoms with Gasteiger partial charge in [-0.05, 0) is 31.2 Å². The molecule has 1 saturated carbocycles. The van der Waals surface area contributed by atoms with Crippen molar-refractivity contribution < 1.29 is 0 Å². The number of pyridine rings is 1. The van der Waals surface area contributed by atoms with Gasteiger partial charge < -0.3 is 10.6 Å². The molecular formula is C12H19N3. The van der Waals surface area contributed by atoms with E-state index in [0.29, 0.717) is 0 Å². The summed E-state index contributed by atoms with van der Waals surface area (Å²) in [5.74, 6) is 0.900. The van der Waals surface area contributed by atoms with Gasteiger partial charge >= 0.3 is 0 Å². The van der Waals surface area contributed by atoms with Gasteiger partial charge in [0.25, 0.3) is 0 Å². The predicted octanol–water partition coefficient (Wildman–Crippen LogP) is 2.73. The first kappa shape index (κ1) is 10.3. The minimum absolute atomic E-state index is 0.900. The Hall–Kier alpha value is -1.25. The van der Waals surface area contributed by atoms with Gasteiger partial charge in [0.2, 0.25) is 0 Å². The summed E-state index contributed by atoms with van der Waals surface area (Å²) in [6.45, 7) is 4.27. The molecule has 2 N–H and O–H groups in total. The number of rotatable bonds is 6. The van der Waals surface area contributed by atoms with E-state index in [-0.39, 0.29) is 0 Å². The van der Waals surface area contributed by atoms with E-state index in [1.54, 1.807) is 0 Å². The fraction of sp³-hybridized carbons (Fsp3) is 0.583. The molecule has 1 aromatic heterocycles. The third-order valence-electron chi connectivity index (χ3n) is 2.61. The number of aromatic nitrogens is 1. The van der Waals surface area contributed by atoms with Gasteiger partial charge in [-0.3, -0.25) is 4.98 Å². The maximum atomic E-state index is 4.21. The molecular weight excluding hydrogens is 186 g/mol. The fourth-order valence-electron chi connectivity index (χ4n) is 1.49. The first-order valence-corrected chi connectivity index (χ1v) is 5.81. The molecule has 0 atom stereocenters. The number of hydrogen-bond donors (Lipinski definition) is 2. The van der Waals surface area contributed by atoms with E-state index < -0.39 is 0 Å². The summed E-state index contributed by atoms with van der Waals surface area (Å²) in [6.07, 6.45) is 7.67. The van der Waals surface area contributed by atoms with Gasteiger partial charge in [0.05, 0.1) is 23.8 Å². The Labute approximate surface area is 91.3 Å². The van der Waals surface area contributed by atoms with Gasteiger partial charge in [0, 0.05) is 13.1 Å². The molecule has 0 bridgehead atoms. The number of anilines is 2. The molecule has 0 amide bonds. The van der Waals surface area contributed by atoms with Gasteiger partial charge in [0.15, 0.2) is 0 Å². The van der Waals surface area contributed by atoms with Gasteiger partial charge in [0.1, 0.15) is 0 Å². The van der Waals surface area contributed by atoms with Gasteiger partial charge in [-0.2, -0.15) is 0 Å². The normalized spacial score (nSPS) is 15.0. The summed E-state index contributed by atoms with van der Waals surface area (Å²) >= 11 is 0. The Morgan fingerprint density at radius 1 is 1.27 bits per heavy atom. The Kier molecular flexibility index (Phi) is 3.43. The molecule has 1 fully saturated rings. The summed E-state index contributed by atoms with van der Waals surface area (Å²) < 4.78 is 0. The maximum Gasteiger partial charge on any atom is 0.0547 e. The van der Waals surface area contributed by atoms with Crippen molar-refractivity contribution in [1.82, 2.24) is 4.98 Å².